The van der Waals surface area contributed by atoms with E-state index in [9.17, 15) is 25.2 Å². The number of aryl methyl sites for hydroxylation is 2. The first-order valence-electron chi connectivity index (χ1n) is 4.03. The van der Waals surface area contributed by atoms with Gasteiger partial charge in [0.25, 0.3) is 0 Å². The quantitative estimate of drug-likeness (QED) is 0.444. The maximum atomic E-state index is 9.87. The number of halogens is 6. The van der Waals surface area contributed by atoms with E-state index in [4.69, 9.17) is 0 Å². The van der Waals surface area contributed by atoms with Crippen molar-refractivity contribution < 1.29 is 30.0 Å². The minimum atomic E-state index is -10.7. The van der Waals surface area contributed by atoms with Crippen LogP contribution >= 0.6 is 7.81 Å². The average Bonchev–Trinajstić information content (AvgIpc) is 2.00. The first-order chi connectivity index (χ1) is 6.78. The molecule has 0 saturated heterocycles. The Labute approximate surface area is 87.3 Å². The fraction of sp³-hybridized carbons (Fsp3) is 0.500. The van der Waals surface area contributed by atoms with Gasteiger partial charge in [0.2, 0.25) is 0 Å². The average molecular weight is 269 g/mol. The third-order valence-electron chi connectivity index (χ3n) is 1.07. The van der Waals surface area contributed by atoms with Gasteiger partial charge in [0.1, 0.15) is 12.4 Å². The number of nitrogens with zero attached hydrogens (tertiary/aromatic N) is 3. The van der Waals surface area contributed by atoms with Crippen LogP contribution in [-0.4, -0.2) is 10.2 Å². The zero-order chi connectivity index (χ0) is 13.1. The Bertz CT molecular complexity index is 332. The standard InChI is InChI=1S/C6H10N3.F6P/c1-3-9-7-4-6(2)5-8-9;1-7(2,3,4,5)6/h4-5H,3H2,1-2H3;/q+1;-1. The summed E-state index contributed by atoms with van der Waals surface area (Å²) in [6, 6.07) is 0. The Hall–Kier alpha value is -0.980. The molecule has 0 unspecified atom stereocenters. The summed E-state index contributed by atoms with van der Waals surface area (Å²) in [4.78, 5) is 1.65. The summed E-state index contributed by atoms with van der Waals surface area (Å²) in [6.45, 7) is 4.82. The Balaban J connectivity index is 0.000000293. The molecule has 0 fully saturated rings. The summed E-state index contributed by atoms with van der Waals surface area (Å²) in [5.74, 6) is 0. The second-order valence-corrected chi connectivity index (χ2v) is 4.80. The molecular weight excluding hydrogens is 259 g/mol. The SMILES string of the molecule is CC[n+]1ncc(C)cn1.F[P-](F)(F)(F)(F)F. The molecule has 0 aliphatic carbocycles. The molecular formula is C6H10F6N3P. The monoisotopic (exact) mass is 269 g/mol. The third kappa shape index (κ3) is 15.5. The minimum absolute atomic E-state index is 0.834. The predicted octanol–water partition coefficient (Wildman–Crippen LogP) is 3.47. The molecule has 0 bridgehead atoms. The van der Waals surface area contributed by atoms with Crippen LogP contribution in [0.15, 0.2) is 12.4 Å². The van der Waals surface area contributed by atoms with Gasteiger partial charge in [-0.15, -0.1) is 0 Å². The molecule has 0 aliphatic rings. The Morgan fingerprint density at radius 1 is 1.06 bits per heavy atom. The summed E-state index contributed by atoms with van der Waals surface area (Å²) in [6.07, 6.45) is 3.60. The van der Waals surface area contributed by atoms with Gasteiger partial charge in [-0.1, -0.05) is 0 Å². The summed E-state index contributed by atoms with van der Waals surface area (Å²) in [7, 11) is -10.7. The van der Waals surface area contributed by atoms with Crippen LogP contribution in [0.3, 0.4) is 0 Å². The number of hydrogen-bond donors (Lipinski definition) is 0. The van der Waals surface area contributed by atoms with E-state index >= 15 is 0 Å². The second kappa shape index (κ2) is 3.80. The second-order valence-electron chi connectivity index (χ2n) is 2.88. The number of aromatic nitrogens is 3. The van der Waals surface area contributed by atoms with Crippen LogP contribution in [0.2, 0.25) is 0 Å². The van der Waals surface area contributed by atoms with E-state index in [-0.39, 0.29) is 0 Å². The van der Waals surface area contributed by atoms with Gasteiger partial charge in [0.15, 0.2) is 6.54 Å². The van der Waals surface area contributed by atoms with Crippen LogP contribution in [0, 0.1) is 6.92 Å². The van der Waals surface area contributed by atoms with Crippen molar-refractivity contribution in [1.82, 2.24) is 10.2 Å². The van der Waals surface area contributed by atoms with E-state index < -0.39 is 7.81 Å². The molecule has 0 radical (unpaired) electrons. The van der Waals surface area contributed by atoms with Gasteiger partial charge in [-0.2, -0.15) is 0 Å². The van der Waals surface area contributed by atoms with Crippen molar-refractivity contribution in [3.05, 3.63) is 18.0 Å². The molecule has 10 heteroatoms. The maximum absolute atomic E-state index is 10.7. The summed E-state index contributed by atoms with van der Waals surface area (Å²) in [5, 5.41) is 8.00. The van der Waals surface area contributed by atoms with Gasteiger partial charge in [0, 0.05) is 21.9 Å². The van der Waals surface area contributed by atoms with Crippen molar-refractivity contribution in [2.45, 2.75) is 20.4 Å². The Morgan fingerprint density at radius 3 is 1.62 bits per heavy atom. The van der Waals surface area contributed by atoms with E-state index in [0.29, 0.717) is 0 Å². The molecule has 0 atom stereocenters. The molecule has 16 heavy (non-hydrogen) atoms. The van der Waals surface area contributed by atoms with Crippen molar-refractivity contribution in [2.75, 3.05) is 0 Å². The van der Waals surface area contributed by atoms with Crippen LogP contribution in [0.4, 0.5) is 25.2 Å². The van der Waals surface area contributed by atoms with Gasteiger partial charge >= 0.3 is 33.0 Å². The molecule has 1 aromatic rings. The van der Waals surface area contributed by atoms with Gasteiger partial charge in [0.05, 0.1) is 0 Å². The predicted molar refractivity (Wildman–Crippen MR) is 46.2 cm³/mol. The Kier molecular flexibility index (Phi) is 3.56. The van der Waals surface area contributed by atoms with E-state index in [1.54, 1.807) is 17.2 Å². The molecule has 0 amide bonds. The van der Waals surface area contributed by atoms with E-state index in [1.165, 1.54) is 0 Å². The van der Waals surface area contributed by atoms with Crippen molar-refractivity contribution in [3.63, 3.8) is 0 Å². The molecule has 0 aliphatic heterocycles. The van der Waals surface area contributed by atoms with E-state index in [2.05, 4.69) is 10.2 Å². The van der Waals surface area contributed by atoms with Crippen molar-refractivity contribution >= 4 is 7.81 Å². The molecule has 1 rings (SSSR count). The van der Waals surface area contributed by atoms with Crippen molar-refractivity contribution in [1.29, 1.82) is 0 Å². The number of rotatable bonds is 1. The first kappa shape index (κ1) is 15.0. The molecule has 0 N–H and O–H groups in total. The van der Waals surface area contributed by atoms with Gasteiger partial charge < -0.3 is 0 Å². The topological polar surface area (TPSA) is 29.7 Å². The molecule has 96 valence electrons. The van der Waals surface area contributed by atoms with E-state index in [1.807, 2.05) is 13.8 Å². The summed E-state index contributed by atoms with van der Waals surface area (Å²) in [5.41, 5.74) is 1.10. The fourth-order valence-electron chi connectivity index (χ4n) is 0.542. The van der Waals surface area contributed by atoms with Gasteiger partial charge in [-0.05, 0) is 12.5 Å². The van der Waals surface area contributed by atoms with Crippen LogP contribution in [0.5, 0.6) is 0 Å². The third-order valence-corrected chi connectivity index (χ3v) is 1.07. The molecule has 1 heterocycles. The molecule has 0 spiro atoms. The van der Waals surface area contributed by atoms with Crippen LogP contribution < -0.4 is 4.80 Å². The normalized spacial score (nSPS) is 15.5. The van der Waals surface area contributed by atoms with Crippen LogP contribution in [0.1, 0.15) is 12.5 Å². The molecule has 3 nitrogen and oxygen atoms in total. The van der Waals surface area contributed by atoms with E-state index in [0.717, 1.165) is 12.1 Å². The first-order valence-corrected chi connectivity index (χ1v) is 6.06. The molecule has 0 saturated carbocycles. The van der Waals surface area contributed by atoms with Crippen molar-refractivity contribution in [3.8, 4) is 0 Å². The molecule has 1 aromatic heterocycles. The molecule has 0 aromatic carbocycles. The van der Waals surface area contributed by atoms with Gasteiger partial charge in [-0.25, -0.2) is 0 Å². The summed E-state index contributed by atoms with van der Waals surface area (Å²) < 4.78 is 59.2. The summed E-state index contributed by atoms with van der Waals surface area (Å²) >= 11 is 0. The zero-order valence-corrected chi connectivity index (χ0v) is 9.31. The number of hydrogen-bond acceptors (Lipinski definition) is 2. The Morgan fingerprint density at radius 2 is 1.38 bits per heavy atom. The van der Waals surface area contributed by atoms with Gasteiger partial charge in [-0.3, -0.25) is 0 Å². The fourth-order valence-corrected chi connectivity index (χ4v) is 0.542. The van der Waals surface area contributed by atoms with Crippen LogP contribution in [-0.2, 0) is 6.54 Å². The van der Waals surface area contributed by atoms with Crippen LogP contribution in [0.25, 0.3) is 0 Å². The van der Waals surface area contributed by atoms with Crippen molar-refractivity contribution in [2.24, 2.45) is 0 Å². The zero-order valence-electron chi connectivity index (χ0n) is 8.42.